The van der Waals surface area contributed by atoms with Gasteiger partial charge >= 0.3 is 0 Å². The Kier molecular flexibility index (Phi) is 20.8. The van der Waals surface area contributed by atoms with Crippen molar-refractivity contribution in [1.82, 2.24) is 44.4 Å². The highest BCUT2D eigenvalue weighted by molar-refractivity contribution is 6.23. The van der Waals surface area contributed by atoms with Crippen LogP contribution in [0, 0.1) is 0 Å². The van der Waals surface area contributed by atoms with E-state index < -0.39 is 0 Å². The summed E-state index contributed by atoms with van der Waals surface area (Å²) in [4.78, 5) is 44.4. The molecule has 0 saturated carbocycles. The van der Waals surface area contributed by atoms with Gasteiger partial charge in [-0.1, -0.05) is 180 Å². The van der Waals surface area contributed by atoms with Gasteiger partial charge in [-0.3, -0.25) is 4.98 Å². The van der Waals surface area contributed by atoms with E-state index in [1.165, 1.54) is 0 Å². The first-order chi connectivity index (χ1) is 49.8. The molecule has 6 heterocycles. The van der Waals surface area contributed by atoms with Gasteiger partial charge in [-0.15, -0.1) is 0 Å². The van der Waals surface area contributed by atoms with E-state index in [1.54, 1.807) is 0 Å². The van der Waals surface area contributed by atoms with Crippen molar-refractivity contribution in [2.24, 2.45) is 7.05 Å². The molecule has 8 aromatic carbocycles. The van der Waals surface area contributed by atoms with Gasteiger partial charge in [0.25, 0.3) is 0 Å². The zero-order valence-electron chi connectivity index (χ0n) is 60.1. The maximum Gasteiger partial charge on any atom is 0.168 e. The van der Waals surface area contributed by atoms with E-state index in [1.807, 2.05) is 36.0 Å². The van der Waals surface area contributed by atoms with Crippen molar-refractivity contribution in [1.29, 1.82) is 0 Å². The Labute approximate surface area is 590 Å². The van der Waals surface area contributed by atoms with Crippen LogP contribution in [0.5, 0.6) is 46.0 Å². The van der Waals surface area contributed by atoms with Gasteiger partial charge in [0.15, 0.2) is 29.0 Å². The summed E-state index contributed by atoms with van der Waals surface area (Å²) in [5.74, 6) is 6.28. The highest BCUT2D eigenvalue weighted by Crippen LogP contribution is 2.57. The normalized spacial score (nSPS) is 12.0. The Morgan fingerprint density at radius 1 is 0.307 bits per heavy atom. The first-order valence-electron chi connectivity index (χ1n) is 37.3. The molecule has 12 aromatic rings. The molecule has 0 radical (unpaired) electrons. The van der Waals surface area contributed by atoms with Crippen LogP contribution in [0.2, 0.25) is 0 Å². The molecule has 0 unspecified atom stereocenters. The number of benzene rings is 8. The summed E-state index contributed by atoms with van der Waals surface area (Å²) in [7, 11) is 2.00. The van der Waals surface area contributed by atoms with Crippen LogP contribution in [-0.4, -0.2) is 97.3 Å². The molecule has 0 amide bonds. The maximum atomic E-state index is 7.32. The van der Waals surface area contributed by atoms with E-state index in [4.69, 9.17) is 72.8 Å². The Morgan fingerprint density at radius 3 is 0.980 bits per heavy atom. The Morgan fingerprint density at radius 2 is 0.604 bits per heavy atom. The number of H-pyrrole nitrogens is 1. The number of fused-ring (bicyclic) bond motifs is 25. The molecular weight excluding hydrogens is 1260 g/mol. The predicted octanol–water partition coefficient (Wildman–Crippen LogP) is 21.5. The average Bonchev–Trinajstić information content (AvgIpc) is 1.61. The zero-order chi connectivity index (χ0) is 69.5. The minimum atomic E-state index is 0.343. The van der Waals surface area contributed by atoms with Crippen LogP contribution >= 0.6 is 0 Å². The Hall–Kier alpha value is -10.0. The molecule has 1 N–H and O–H groups in total. The standard InChI is InChI=1S/C84H93N9O8/c1-10-18-41-94-69-53-35-28-29-36-54(53)70(95-42-19-11-2)61-60(69)77-86-78(61)88-80-64-65(75(100-47-24-16-7)59-50-52-34-27-26-33-51(52)49-58(59)74(64)99-46-23-15-6)82(90-80)91-83-66-67(76(101-48-25-17-8)68-57(39-32-40-85-68)73(66)98-45-22-14-5)84(93(83)9)92-81-63-62(79(87-77)89-81)71(96-43-20-12-3)55-37-30-31-38-56(55)72(63)97-44-21-13-4/h26-40,49-50H,10-25,41-48H2,1-9H3,(H,86,87,88,89,90,91,92). The molecule has 8 bridgehead atoms. The number of nitrogens with one attached hydrogen (secondary N) is 1. The fourth-order valence-electron chi connectivity index (χ4n) is 13.8. The summed E-state index contributed by atoms with van der Waals surface area (Å²) < 4.78 is 59.8. The lowest BCUT2D eigenvalue weighted by Crippen LogP contribution is -2.04. The lowest BCUT2D eigenvalue weighted by atomic mass is 9.95. The molecule has 101 heavy (non-hydrogen) atoms. The van der Waals surface area contributed by atoms with Gasteiger partial charge in [0, 0.05) is 50.9 Å². The van der Waals surface area contributed by atoms with E-state index in [0.717, 1.165) is 151 Å². The van der Waals surface area contributed by atoms with Gasteiger partial charge in [-0.05, 0) is 86.4 Å². The summed E-state index contributed by atoms with van der Waals surface area (Å²) in [6.07, 6.45) is 15.5. The number of aromatic nitrogens is 9. The molecule has 4 aromatic heterocycles. The SMILES string of the molecule is CCCCOc1c2c(c(OCCCC)c3cc4ccccc4cc13)-c1nc-2nc2[nH]c(nc3nc(nc4c5c(OCCCC)c6ncccc6c(OCCCC)c5c(n1)n4C)-c1c-3c(OCCCC)c3ccccc3c1OCCCC)c1c(OCCCC)c3ccccc3c(OCCCC)c21. The second-order valence-corrected chi connectivity index (χ2v) is 26.5. The van der Waals surface area contributed by atoms with Crippen molar-refractivity contribution in [3.05, 3.63) is 103 Å². The summed E-state index contributed by atoms with van der Waals surface area (Å²) in [6, 6.07) is 33.5. The van der Waals surface area contributed by atoms with Gasteiger partial charge in [0.2, 0.25) is 0 Å². The van der Waals surface area contributed by atoms with Crippen LogP contribution in [-0.2, 0) is 7.05 Å². The van der Waals surface area contributed by atoms with Gasteiger partial charge in [0.1, 0.15) is 68.4 Å². The second-order valence-electron chi connectivity index (χ2n) is 26.5. The number of aromatic amines is 1. The molecular formula is C84H93N9O8. The lowest BCUT2D eigenvalue weighted by Gasteiger charge is -2.19. The maximum absolute atomic E-state index is 7.32. The molecule has 0 atom stereocenters. The summed E-state index contributed by atoms with van der Waals surface area (Å²) >= 11 is 0. The van der Waals surface area contributed by atoms with Crippen molar-refractivity contribution >= 4 is 98.1 Å². The average molecular weight is 1360 g/mol. The minimum absolute atomic E-state index is 0.343. The van der Waals surface area contributed by atoms with E-state index in [-0.39, 0.29) is 0 Å². The minimum Gasteiger partial charge on any atom is -0.492 e. The highest BCUT2D eigenvalue weighted by Gasteiger charge is 2.37. The van der Waals surface area contributed by atoms with Crippen LogP contribution in [0.3, 0.4) is 0 Å². The Bertz CT molecular complexity index is 5260. The first-order valence-corrected chi connectivity index (χ1v) is 37.3. The Balaban J connectivity index is 1.28. The van der Waals surface area contributed by atoms with Crippen LogP contribution in [0.25, 0.3) is 144 Å². The molecule has 2 aliphatic heterocycles. The molecule has 17 nitrogen and oxygen atoms in total. The van der Waals surface area contributed by atoms with Crippen molar-refractivity contribution in [3.8, 4) is 91.5 Å². The number of pyridine rings is 1. The van der Waals surface area contributed by atoms with Crippen LogP contribution in [0.4, 0.5) is 0 Å². The van der Waals surface area contributed by atoms with Gasteiger partial charge in [-0.25, -0.2) is 29.9 Å². The quantitative estimate of drug-likeness (QED) is 0.0310. The zero-order valence-corrected chi connectivity index (χ0v) is 60.1. The summed E-state index contributed by atoms with van der Waals surface area (Å²) in [5, 5.41) is 10.7. The number of hydrogen-bond donors (Lipinski definition) is 1. The molecule has 17 heteroatoms. The van der Waals surface area contributed by atoms with E-state index in [2.05, 4.69) is 139 Å². The number of ether oxygens (including phenoxy) is 8. The van der Waals surface area contributed by atoms with Crippen LogP contribution in [0.15, 0.2) is 103 Å². The highest BCUT2D eigenvalue weighted by atomic mass is 16.5. The summed E-state index contributed by atoms with van der Waals surface area (Å²) in [5.41, 5.74) is 5.03. The number of hydrogen-bond acceptors (Lipinski definition) is 15. The third-order valence-electron chi connectivity index (χ3n) is 19.2. The first kappa shape index (κ1) is 68.1. The van der Waals surface area contributed by atoms with E-state index in [0.29, 0.717) is 194 Å². The largest absolute Gasteiger partial charge is 0.492 e. The van der Waals surface area contributed by atoms with Crippen molar-refractivity contribution in [2.45, 2.75) is 158 Å². The van der Waals surface area contributed by atoms with Crippen LogP contribution in [0.1, 0.15) is 158 Å². The van der Waals surface area contributed by atoms with E-state index >= 15 is 0 Å². The third-order valence-corrected chi connectivity index (χ3v) is 19.2. The molecule has 0 fully saturated rings. The fraction of sp³-hybridized carbons (Fsp3) is 0.393. The van der Waals surface area contributed by atoms with Crippen molar-refractivity contribution in [2.75, 3.05) is 52.9 Å². The fourth-order valence-corrected chi connectivity index (χ4v) is 13.8. The molecule has 0 saturated heterocycles. The van der Waals surface area contributed by atoms with E-state index in [9.17, 15) is 0 Å². The molecule has 2 aliphatic rings. The molecule has 522 valence electrons. The van der Waals surface area contributed by atoms with Gasteiger partial charge in [0.05, 0.1) is 96.7 Å². The smallest absolute Gasteiger partial charge is 0.168 e. The van der Waals surface area contributed by atoms with Crippen LogP contribution < -0.4 is 37.9 Å². The topological polar surface area (TPSA) is 185 Å². The second kappa shape index (κ2) is 30.8. The van der Waals surface area contributed by atoms with Crippen molar-refractivity contribution < 1.29 is 37.9 Å². The summed E-state index contributed by atoms with van der Waals surface area (Å²) in [6.45, 7) is 20.8. The number of aryl methyl sites for hydroxylation is 1. The third kappa shape index (κ3) is 12.7. The monoisotopic (exact) mass is 1360 g/mol. The molecule has 0 aliphatic carbocycles. The molecule has 0 spiro atoms. The van der Waals surface area contributed by atoms with Crippen molar-refractivity contribution in [3.63, 3.8) is 0 Å². The molecule has 14 rings (SSSR count). The van der Waals surface area contributed by atoms with Gasteiger partial charge < -0.3 is 47.4 Å². The number of unbranched alkanes of at least 4 members (excludes halogenated alkanes) is 8. The predicted molar refractivity (Wildman–Crippen MR) is 409 cm³/mol. The lowest BCUT2D eigenvalue weighted by molar-refractivity contribution is 0.308. The number of nitrogens with zero attached hydrogens (tertiary/aromatic N) is 8. The van der Waals surface area contributed by atoms with Gasteiger partial charge in [-0.2, -0.15) is 0 Å². The number of rotatable bonds is 32.